The van der Waals surface area contributed by atoms with Crippen LogP contribution in [0.4, 0.5) is 0 Å². The molecule has 0 bridgehead atoms. The fourth-order valence-corrected chi connectivity index (χ4v) is 3.61. The van der Waals surface area contributed by atoms with Crippen molar-refractivity contribution < 1.29 is 18.7 Å². The summed E-state index contributed by atoms with van der Waals surface area (Å²) in [6.45, 7) is 1.15. The van der Waals surface area contributed by atoms with E-state index in [-0.39, 0.29) is 17.8 Å². The van der Waals surface area contributed by atoms with Gasteiger partial charge < -0.3 is 18.8 Å². The first-order valence-corrected chi connectivity index (χ1v) is 9.49. The van der Waals surface area contributed by atoms with Gasteiger partial charge in [-0.3, -0.25) is 4.79 Å². The normalized spacial score (nSPS) is 16.6. The molecule has 0 spiro atoms. The number of oxazole rings is 1. The van der Waals surface area contributed by atoms with Gasteiger partial charge in [-0.1, -0.05) is 23.9 Å². The van der Waals surface area contributed by atoms with Gasteiger partial charge in [0.2, 0.25) is 5.91 Å². The number of thioether (sulfide) groups is 1. The summed E-state index contributed by atoms with van der Waals surface area (Å²) in [5.74, 6) is 0.988. The predicted molar refractivity (Wildman–Crippen MR) is 98.9 cm³/mol. The Hall–Kier alpha value is -2.81. The standard InChI is InChI=1S/C18H18N4O4S/c1-24-16-17(20-8-7-19-16)25-12-6-9-22(10-12)15(23)11-27-18-21-13-4-2-3-5-14(13)26-18/h2-5,7-8,12H,6,9-11H2,1H3. The van der Waals surface area contributed by atoms with Crippen molar-refractivity contribution >= 4 is 28.8 Å². The second kappa shape index (κ2) is 7.83. The summed E-state index contributed by atoms with van der Waals surface area (Å²) in [4.78, 5) is 26.8. The van der Waals surface area contributed by atoms with Crippen LogP contribution in [0.2, 0.25) is 0 Å². The molecule has 0 radical (unpaired) electrons. The number of methoxy groups -OCH3 is 1. The van der Waals surface area contributed by atoms with E-state index in [2.05, 4.69) is 15.0 Å². The van der Waals surface area contributed by atoms with E-state index in [1.807, 2.05) is 24.3 Å². The molecule has 1 amide bonds. The Labute approximate surface area is 159 Å². The number of carbonyl (C=O) groups excluding carboxylic acids is 1. The number of hydrogen-bond donors (Lipinski definition) is 0. The molecule has 3 heterocycles. The molecular formula is C18H18N4O4S. The monoisotopic (exact) mass is 386 g/mol. The van der Waals surface area contributed by atoms with Crippen LogP contribution in [0, 0.1) is 0 Å². The largest absolute Gasteiger partial charge is 0.477 e. The summed E-state index contributed by atoms with van der Waals surface area (Å²) in [5.41, 5.74) is 1.51. The zero-order valence-electron chi connectivity index (χ0n) is 14.7. The van der Waals surface area contributed by atoms with Crippen molar-refractivity contribution in [3.63, 3.8) is 0 Å². The van der Waals surface area contributed by atoms with Crippen molar-refractivity contribution in [3.8, 4) is 11.8 Å². The van der Waals surface area contributed by atoms with Crippen LogP contribution in [0.15, 0.2) is 46.3 Å². The van der Waals surface area contributed by atoms with Crippen molar-refractivity contribution in [2.24, 2.45) is 0 Å². The molecular weight excluding hydrogens is 368 g/mol. The Balaban J connectivity index is 1.31. The van der Waals surface area contributed by atoms with Crippen LogP contribution in [-0.2, 0) is 4.79 Å². The molecule has 1 aromatic carbocycles. The first-order valence-electron chi connectivity index (χ1n) is 8.50. The van der Waals surface area contributed by atoms with Gasteiger partial charge in [0, 0.05) is 25.4 Å². The number of nitrogens with zero attached hydrogens (tertiary/aromatic N) is 4. The van der Waals surface area contributed by atoms with Gasteiger partial charge in [0.15, 0.2) is 5.58 Å². The Bertz CT molecular complexity index is 915. The van der Waals surface area contributed by atoms with Crippen LogP contribution >= 0.6 is 11.8 Å². The van der Waals surface area contributed by atoms with Crippen molar-refractivity contribution in [1.82, 2.24) is 19.9 Å². The van der Waals surface area contributed by atoms with Gasteiger partial charge in [-0.2, -0.15) is 0 Å². The number of ether oxygens (including phenoxy) is 2. The molecule has 1 unspecified atom stereocenters. The van der Waals surface area contributed by atoms with E-state index in [0.29, 0.717) is 30.1 Å². The Morgan fingerprint density at radius 3 is 2.93 bits per heavy atom. The van der Waals surface area contributed by atoms with Crippen molar-refractivity contribution in [3.05, 3.63) is 36.7 Å². The fraction of sp³-hybridized carbons (Fsp3) is 0.333. The summed E-state index contributed by atoms with van der Waals surface area (Å²) in [6.07, 6.45) is 3.69. The summed E-state index contributed by atoms with van der Waals surface area (Å²) in [6, 6.07) is 7.54. The van der Waals surface area contributed by atoms with Crippen LogP contribution in [0.3, 0.4) is 0 Å². The number of likely N-dealkylation sites (tertiary alicyclic amines) is 1. The van der Waals surface area contributed by atoms with E-state index in [4.69, 9.17) is 13.9 Å². The number of carbonyl (C=O) groups is 1. The Kier molecular flexibility index (Phi) is 5.10. The quantitative estimate of drug-likeness (QED) is 0.597. The molecule has 2 aromatic heterocycles. The predicted octanol–water partition coefficient (Wildman–Crippen LogP) is 2.40. The molecule has 1 atom stereocenters. The lowest BCUT2D eigenvalue weighted by Gasteiger charge is -2.16. The lowest BCUT2D eigenvalue weighted by Crippen LogP contribution is -2.32. The van der Waals surface area contributed by atoms with Crippen molar-refractivity contribution in [2.45, 2.75) is 17.7 Å². The maximum Gasteiger partial charge on any atom is 0.278 e. The van der Waals surface area contributed by atoms with E-state index in [1.54, 1.807) is 17.3 Å². The van der Waals surface area contributed by atoms with Gasteiger partial charge in [0.05, 0.1) is 19.4 Å². The lowest BCUT2D eigenvalue weighted by atomic mass is 10.3. The molecule has 140 valence electrons. The highest BCUT2D eigenvalue weighted by atomic mass is 32.2. The van der Waals surface area contributed by atoms with Crippen LogP contribution in [0.1, 0.15) is 6.42 Å². The molecule has 1 aliphatic heterocycles. The molecule has 3 aromatic rings. The highest BCUT2D eigenvalue weighted by molar-refractivity contribution is 7.99. The molecule has 1 aliphatic rings. The zero-order valence-corrected chi connectivity index (χ0v) is 15.5. The van der Waals surface area contributed by atoms with Gasteiger partial charge in [-0.05, 0) is 12.1 Å². The molecule has 1 fully saturated rings. The van der Waals surface area contributed by atoms with E-state index >= 15 is 0 Å². The van der Waals surface area contributed by atoms with Crippen molar-refractivity contribution in [1.29, 1.82) is 0 Å². The first kappa shape index (κ1) is 17.6. The summed E-state index contributed by atoms with van der Waals surface area (Å²) in [5, 5.41) is 0.501. The first-order chi connectivity index (χ1) is 13.2. The van der Waals surface area contributed by atoms with Crippen molar-refractivity contribution in [2.75, 3.05) is 26.0 Å². The average Bonchev–Trinajstić information content (AvgIpc) is 3.33. The minimum atomic E-state index is -0.131. The van der Waals surface area contributed by atoms with E-state index in [0.717, 1.165) is 17.5 Å². The number of aromatic nitrogens is 3. The van der Waals surface area contributed by atoms with Crippen LogP contribution in [0.25, 0.3) is 11.1 Å². The zero-order chi connectivity index (χ0) is 18.6. The minimum absolute atomic E-state index is 0.0273. The molecule has 4 rings (SSSR count). The molecule has 8 nitrogen and oxygen atoms in total. The van der Waals surface area contributed by atoms with Crippen LogP contribution < -0.4 is 9.47 Å². The summed E-state index contributed by atoms with van der Waals surface area (Å²) >= 11 is 1.30. The topological polar surface area (TPSA) is 90.6 Å². The second-order valence-corrected chi connectivity index (χ2v) is 6.90. The maximum absolute atomic E-state index is 12.5. The molecule has 27 heavy (non-hydrogen) atoms. The number of fused-ring (bicyclic) bond motifs is 1. The molecule has 0 aliphatic carbocycles. The molecule has 1 saturated heterocycles. The third-order valence-corrected chi connectivity index (χ3v) is 5.01. The number of rotatable bonds is 6. The maximum atomic E-state index is 12.5. The van der Waals surface area contributed by atoms with Gasteiger partial charge in [-0.25, -0.2) is 15.0 Å². The van der Waals surface area contributed by atoms with Gasteiger partial charge in [0.1, 0.15) is 11.6 Å². The smallest absolute Gasteiger partial charge is 0.278 e. The van der Waals surface area contributed by atoms with E-state index in [1.165, 1.54) is 18.9 Å². The number of amides is 1. The molecule has 0 saturated carbocycles. The number of benzene rings is 1. The highest BCUT2D eigenvalue weighted by Gasteiger charge is 2.29. The molecule has 0 N–H and O–H groups in total. The lowest BCUT2D eigenvalue weighted by molar-refractivity contribution is -0.127. The highest BCUT2D eigenvalue weighted by Crippen LogP contribution is 2.26. The van der Waals surface area contributed by atoms with Crippen LogP contribution in [0.5, 0.6) is 11.8 Å². The summed E-state index contributed by atoms with van der Waals surface area (Å²) < 4.78 is 16.6. The third-order valence-electron chi connectivity index (χ3n) is 4.20. The van der Waals surface area contributed by atoms with Gasteiger partial charge in [0.25, 0.3) is 17.0 Å². The Morgan fingerprint density at radius 1 is 1.30 bits per heavy atom. The van der Waals surface area contributed by atoms with E-state index < -0.39 is 0 Å². The average molecular weight is 386 g/mol. The number of para-hydroxylation sites is 2. The Morgan fingerprint density at radius 2 is 2.11 bits per heavy atom. The summed E-state index contributed by atoms with van der Waals surface area (Å²) in [7, 11) is 1.52. The number of hydrogen-bond acceptors (Lipinski definition) is 8. The SMILES string of the molecule is COc1nccnc1OC1CCN(C(=O)CSc2nc3ccccc3o2)C1. The fourth-order valence-electron chi connectivity index (χ4n) is 2.87. The molecule has 9 heteroatoms. The second-order valence-electron chi connectivity index (χ2n) is 5.98. The minimum Gasteiger partial charge on any atom is -0.477 e. The van der Waals surface area contributed by atoms with Gasteiger partial charge in [-0.15, -0.1) is 0 Å². The van der Waals surface area contributed by atoms with Crippen LogP contribution in [-0.4, -0.2) is 57.8 Å². The van der Waals surface area contributed by atoms with E-state index in [9.17, 15) is 4.79 Å². The van der Waals surface area contributed by atoms with Gasteiger partial charge >= 0.3 is 0 Å². The third kappa shape index (κ3) is 3.97.